The molecule has 0 spiro atoms. The maximum atomic E-state index is 12.1. The number of unbranched alkanes of at least 4 members (excludes halogenated alkanes) is 6. The van der Waals surface area contributed by atoms with Crippen molar-refractivity contribution in [2.24, 2.45) is 0 Å². The van der Waals surface area contributed by atoms with Crippen LogP contribution in [0.3, 0.4) is 0 Å². The molecule has 1 rings (SSSR count). The van der Waals surface area contributed by atoms with Crippen molar-refractivity contribution in [1.29, 1.82) is 0 Å². The van der Waals surface area contributed by atoms with Gasteiger partial charge in [-0.15, -0.1) is 23.5 Å². The van der Waals surface area contributed by atoms with E-state index in [9.17, 15) is 4.79 Å². The third kappa shape index (κ3) is 16.5. The molecule has 1 saturated heterocycles. The standard InChI is InChI=1S/C37H74O4S2Si2/c1-15-16-20-24-31(40-44(11,12)35(5,6)7)32(41-45(13,14)36(8,9)10)26-28-37(42-29-23-30-43-37)27-22-19-17-18-21-25-33(38)39-34(2,3)4/h26,28,31-32H,15-25,27,29-30H2,1-14H3/t31-,32-/m0/s1. The average molecular weight is 703 g/mol. The minimum absolute atomic E-state index is 0.0234. The monoisotopic (exact) mass is 702 g/mol. The molecule has 1 fully saturated rings. The molecule has 266 valence electrons. The summed E-state index contributed by atoms with van der Waals surface area (Å²) >= 11 is 4.29. The maximum absolute atomic E-state index is 12.1. The van der Waals surface area contributed by atoms with Crippen LogP contribution < -0.4 is 0 Å². The van der Waals surface area contributed by atoms with Crippen LogP contribution in [0.15, 0.2) is 12.2 Å². The fourth-order valence-electron chi connectivity index (χ4n) is 4.92. The normalized spacial score (nSPS) is 18.3. The van der Waals surface area contributed by atoms with Gasteiger partial charge in [0.05, 0.1) is 16.3 Å². The summed E-state index contributed by atoms with van der Waals surface area (Å²) in [7, 11) is -4.03. The lowest BCUT2D eigenvalue weighted by atomic mass is 10.0. The zero-order valence-electron chi connectivity index (χ0n) is 32.2. The van der Waals surface area contributed by atoms with Crippen LogP contribution >= 0.6 is 23.5 Å². The Kier molecular flexibility index (Phi) is 18.2. The zero-order chi connectivity index (χ0) is 34.6. The van der Waals surface area contributed by atoms with Crippen molar-refractivity contribution >= 4 is 46.1 Å². The molecule has 0 aliphatic carbocycles. The van der Waals surface area contributed by atoms with E-state index in [0.29, 0.717) is 6.42 Å². The van der Waals surface area contributed by atoms with Gasteiger partial charge in [-0.3, -0.25) is 4.79 Å². The second-order valence-corrected chi connectivity index (χ2v) is 30.0. The molecule has 1 aliphatic rings. The summed E-state index contributed by atoms with van der Waals surface area (Å²) in [5.74, 6) is 2.38. The van der Waals surface area contributed by atoms with Gasteiger partial charge in [-0.05, 0) is 94.2 Å². The molecule has 0 N–H and O–H groups in total. The average Bonchev–Trinajstić information content (AvgIpc) is 2.88. The molecule has 2 atom stereocenters. The van der Waals surface area contributed by atoms with Crippen molar-refractivity contribution in [3.05, 3.63) is 12.2 Å². The Labute approximate surface area is 291 Å². The van der Waals surface area contributed by atoms with Crippen LogP contribution in [0.2, 0.25) is 36.3 Å². The number of thioether (sulfide) groups is 2. The molecule has 8 heteroatoms. The van der Waals surface area contributed by atoms with Gasteiger partial charge in [-0.2, -0.15) is 0 Å². The number of hydrogen-bond donors (Lipinski definition) is 0. The van der Waals surface area contributed by atoms with Crippen molar-refractivity contribution in [2.45, 2.75) is 204 Å². The van der Waals surface area contributed by atoms with Crippen LogP contribution in [-0.4, -0.2) is 56.0 Å². The van der Waals surface area contributed by atoms with Crippen LogP contribution in [0.1, 0.15) is 146 Å². The first-order valence-electron chi connectivity index (χ1n) is 18.1. The highest BCUT2D eigenvalue weighted by atomic mass is 32.2. The van der Waals surface area contributed by atoms with E-state index in [1.165, 1.54) is 62.9 Å². The first-order chi connectivity index (χ1) is 20.5. The Hall–Kier alpha value is 0.264. The van der Waals surface area contributed by atoms with Gasteiger partial charge >= 0.3 is 5.97 Å². The molecule has 1 heterocycles. The van der Waals surface area contributed by atoms with Gasteiger partial charge in [-0.25, -0.2) is 0 Å². The lowest BCUT2D eigenvalue weighted by Crippen LogP contribution is -2.51. The SMILES string of the molecule is CCCCC[C@H](O[Si](C)(C)C(C)(C)C)[C@H](C=CC1(CCCCCCCC(=O)OC(C)(C)C)SCCCS1)O[Si](C)(C)C(C)(C)C. The summed E-state index contributed by atoms with van der Waals surface area (Å²) in [6.45, 7) is 31.8. The van der Waals surface area contributed by atoms with Crippen molar-refractivity contribution < 1.29 is 18.4 Å². The molecular formula is C37H74O4S2Si2. The van der Waals surface area contributed by atoms with Gasteiger partial charge in [-0.1, -0.05) is 106 Å². The molecule has 0 aromatic heterocycles. The van der Waals surface area contributed by atoms with E-state index in [1.807, 2.05) is 20.8 Å². The van der Waals surface area contributed by atoms with Crippen molar-refractivity contribution in [1.82, 2.24) is 0 Å². The molecule has 0 unspecified atom stereocenters. The van der Waals surface area contributed by atoms with Gasteiger partial charge in [0.15, 0.2) is 16.6 Å². The summed E-state index contributed by atoms with van der Waals surface area (Å²) in [5, 5.41) is 0.296. The maximum Gasteiger partial charge on any atom is 0.306 e. The van der Waals surface area contributed by atoms with Gasteiger partial charge in [0.2, 0.25) is 0 Å². The van der Waals surface area contributed by atoms with Gasteiger partial charge in [0.1, 0.15) is 5.60 Å². The predicted molar refractivity (Wildman–Crippen MR) is 208 cm³/mol. The third-order valence-electron chi connectivity index (χ3n) is 9.80. The summed E-state index contributed by atoms with van der Waals surface area (Å²) < 4.78 is 20.1. The Morgan fingerprint density at radius 2 is 1.31 bits per heavy atom. The topological polar surface area (TPSA) is 44.8 Å². The molecule has 45 heavy (non-hydrogen) atoms. The fraction of sp³-hybridized carbons (Fsp3) is 0.919. The lowest BCUT2D eigenvalue weighted by molar-refractivity contribution is -0.154. The molecule has 0 aromatic rings. The van der Waals surface area contributed by atoms with E-state index in [-0.39, 0.29) is 32.3 Å². The largest absolute Gasteiger partial charge is 0.460 e. The Morgan fingerprint density at radius 1 is 0.778 bits per heavy atom. The number of hydrogen-bond acceptors (Lipinski definition) is 6. The van der Waals surface area contributed by atoms with Crippen LogP contribution in [0.5, 0.6) is 0 Å². The summed E-state index contributed by atoms with van der Waals surface area (Å²) in [6.07, 6.45) is 18.4. The van der Waals surface area contributed by atoms with E-state index >= 15 is 0 Å². The van der Waals surface area contributed by atoms with Crippen molar-refractivity contribution in [2.75, 3.05) is 11.5 Å². The van der Waals surface area contributed by atoms with Crippen molar-refractivity contribution in [3.8, 4) is 0 Å². The predicted octanol–water partition coefficient (Wildman–Crippen LogP) is 12.5. The highest BCUT2D eigenvalue weighted by Gasteiger charge is 2.44. The van der Waals surface area contributed by atoms with Crippen LogP contribution in [-0.2, 0) is 18.4 Å². The van der Waals surface area contributed by atoms with Crippen LogP contribution in [0.4, 0.5) is 0 Å². The summed E-state index contributed by atoms with van der Waals surface area (Å²) in [6, 6.07) is 0. The lowest BCUT2D eigenvalue weighted by Gasteiger charge is -2.45. The Morgan fingerprint density at radius 3 is 1.84 bits per heavy atom. The van der Waals surface area contributed by atoms with Crippen LogP contribution in [0, 0.1) is 0 Å². The van der Waals surface area contributed by atoms with Gasteiger partial charge < -0.3 is 13.6 Å². The molecule has 0 radical (unpaired) electrons. The Balaban J connectivity index is 3.13. The highest BCUT2D eigenvalue weighted by molar-refractivity contribution is 8.19. The van der Waals surface area contributed by atoms with Gasteiger partial charge in [0.25, 0.3) is 0 Å². The minimum Gasteiger partial charge on any atom is -0.460 e. The van der Waals surface area contributed by atoms with Crippen molar-refractivity contribution in [3.63, 3.8) is 0 Å². The number of esters is 1. The third-order valence-corrected chi connectivity index (χ3v) is 22.1. The Bertz CT molecular complexity index is 878. The van der Waals surface area contributed by atoms with E-state index in [1.54, 1.807) is 0 Å². The molecular weight excluding hydrogens is 629 g/mol. The number of carbonyl (C=O) groups excluding carboxylic acids is 1. The molecule has 0 aromatic carbocycles. The molecule has 4 nitrogen and oxygen atoms in total. The number of ether oxygens (including phenoxy) is 1. The smallest absolute Gasteiger partial charge is 0.306 e. The quantitative estimate of drug-likeness (QED) is 0.0578. The second-order valence-electron chi connectivity index (χ2n) is 17.3. The van der Waals surface area contributed by atoms with Crippen LogP contribution in [0.25, 0.3) is 0 Å². The summed E-state index contributed by atoms with van der Waals surface area (Å²) in [4.78, 5) is 12.1. The molecule has 0 amide bonds. The minimum atomic E-state index is -2.04. The number of rotatable bonds is 19. The highest BCUT2D eigenvalue weighted by Crippen LogP contribution is 2.48. The van der Waals surface area contributed by atoms with E-state index in [2.05, 4.69) is 110 Å². The van der Waals surface area contributed by atoms with Gasteiger partial charge in [0, 0.05) is 6.42 Å². The fourth-order valence-corrected chi connectivity index (χ4v) is 10.8. The molecule has 0 saturated carbocycles. The van der Waals surface area contributed by atoms with E-state index < -0.39 is 22.2 Å². The molecule has 0 bridgehead atoms. The van der Waals surface area contributed by atoms with E-state index in [0.717, 1.165) is 19.3 Å². The zero-order valence-corrected chi connectivity index (χ0v) is 35.8. The number of carbonyl (C=O) groups is 1. The molecule has 1 aliphatic heterocycles. The van der Waals surface area contributed by atoms with E-state index in [4.69, 9.17) is 13.6 Å². The summed E-state index contributed by atoms with van der Waals surface area (Å²) in [5.41, 5.74) is -0.393. The first-order valence-corrected chi connectivity index (χ1v) is 25.9. The second kappa shape index (κ2) is 18.9. The first kappa shape index (κ1) is 43.3.